The lowest BCUT2D eigenvalue weighted by Gasteiger charge is -2.04. The van der Waals surface area contributed by atoms with Crippen molar-refractivity contribution in [2.75, 3.05) is 7.11 Å². The molecule has 0 aliphatic heterocycles. The van der Waals surface area contributed by atoms with E-state index in [-0.39, 0.29) is 28.7 Å². The van der Waals surface area contributed by atoms with Gasteiger partial charge in [0.1, 0.15) is 6.54 Å². The fourth-order valence-electron chi connectivity index (χ4n) is 2.51. The number of hydrogen-bond acceptors (Lipinski definition) is 5. The minimum atomic E-state index is -0.639. The number of fused-ring (bicyclic) bond motifs is 1. The Balaban J connectivity index is 2.03. The third kappa shape index (κ3) is 3.29. The van der Waals surface area contributed by atoms with Gasteiger partial charge in [0.15, 0.2) is 5.69 Å². The molecule has 2 aromatic carbocycles. The fraction of sp³-hybridized carbons (Fsp3) is 0.111. The summed E-state index contributed by atoms with van der Waals surface area (Å²) in [5.41, 5.74) is 0.857. The van der Waals surface area contributed by atoms with E-state index in [2.05, 4.69) is 15.0 Å². The van der Waals surface area contributed by atoms with E-state index < -0.39 is 11.9 Å². The van der Waals surface area contributed by atoms with Crippen LogP contribution in [-0.2, 0) is 16.1 Å². The predicted molar refractivity (Wildman–Crippen MR) is 95.9 cm³/mol. The molecule has 0 fully saturated rings. The van der Waals surface area contributed by atoms with E-state index in [1.54, 1.807) is 42.5 Å². The minimum Gasteiger partial charge on any atom is -0.493 e. The third-order valence-corrected chi connectivity index (χ3v) is 4.11. The van der Waals surface area contributed by atoms with Crippen LogP contribution in [0.3, 0.4) is 0 Å². The third-order valence-electron chi connectivity index (χ3n) is 3.78. The number of para-hydroxylation sites is 1. The Labute approximate surface area is 153 Å². The van der Waals surface area contributed by atoms with E-state index in [0.29, 0.717) is 10.9 Å². The summed E-state index contributed by atoms with van der Waals surface area (Å²) in [4.78, 5) is 23.8. The van der Waals surface area contributed by atoms with E-state index in [0.717, 1.165) is 0 Å². The number of azo groups is 1. The smallest absolute Gasteiger partial charge is 0.325 e. The van der Waals surface area contributed by atoms with Gasteiger partial charge in [0.05, 0.1) is 23.2 Å². The molecule has 0 bridgehead atoms. The van der Waals surface area contributed by atoms with Crippen LogP contribution in [0, 0.1) is 0 Å². The van der Waals surface area contributed by atoms with E-state index in [1.165, 1.54) is 17.7 Å². The molecule has 0 unspecified atom stereocenters. The minimum absolute atomic E-state index is 0.0879. The van der Waals surface area contributed by atoms with Gasteiger partial charge in [-0.25, -0.2) is 0 Å². The van der Waals surface area contributed by atoms with Crippen LogP contribution in [0.15, 0.2) is 58.8 Å². The topological polar surface area (TPSA) is 93.2 Å². The number of rotatable bonds is 4. The SMILES string of the molecule is COC(=O)Cn1c(O)c(N=NC(=O)c2ccccc2Cl)c2ccccc21. The number of esters is 1. The lowest BCUT2D eigenvalue weighted by Crippen LogP contribution is -2.10. The summed E-state index contributed by atoms with van der Waals surface area (Å²) in [5.74, 6) is -1.45. The van der Waals surface area contributed by atoms with Gasteiger partial charge in [0.25, 0.3) is 5.91 Å². The van der Waals surface area contributed by atoms with E-state index >= 15 is 0 Å². The highest BCUT2D eigenvalue weighted by Crippen LogP contribution is 2.38. The number of nitrogens with zero attached hydrogens (tertiary/aromatic N) is 3. The monoisotopic (exact) mass is 371 g/mol. The Bertz CT molecular complexity index is 1030. The summed E-state index contributed by atoms with van der Waals surface area (Å²) in [5, 5.41) is 18.8. The molecule has 3 aromatic rings. The summed E-state index contributed by atoms with van der Waals surface area (Å²) in [6.45, 7) is -0.198. The molecule has 0 spiro atoms. The largest absolute Gasteiger partial charge is 0.493 e. The van der Waals surface area contributed by atoms with Crippen molar-refractivity contribution in [3.05, 3.63) is 59.1 Å². The maximum atomic E-state index is 12.2. The van der Waals surface area contributed by atoms with Gasteiger partial charge in [-0.05, 0) is 18.2 Å². The molecule has 0 aliphatic rings. The molecular formula is C18H14ClN3O4. The molecule has 3 rings (SSSR count). The Kier molecular flexibility index (Phi) is 4.99. The molecule has 0 saturated heterocycles. The maximum Gasteiger partial charge on any atom is 0.325 e. The molecule has 0 saturated carbocycles. The van der Waals surface area contributed by atoms with Crippen LogP contribution in [-0.4, -0.2) is 28.7 Å². The highest BCUT2D eigenvalue weighted by molar-refractivity contribution is 6.33. The van der Waals surface area contributed by atoms with Crippen molar-refractivity contribution in [3.8, 4) is 5.88 Å². The number of aromatic nitrogens is 1. The number of aromatic hydroxyl groups is 1. The van der Waals surface area contributed by atoms with Gasteiger partial charge in [-0.1, -0.05) is 41.9 Å². The van der Waals surface area contributed by atoms with E-state index in [4.69, 9.17) is 11.6 Å². The molecule has 1 amide bonds. The first-order valence-corrected chi connectivity index (χ1v) is 7.98. The molecule has 1 N–H and O–H groups in total. The zero-order chi connectivity index (χ0) is 18.7. The summed E-state index contributed by atoms with van der Waals surface area (Å²) in [6, 6.07) is 13.4. The predicted octanol–water partition coefficient (Wildman–Crippen LogP) is 4.10. The van der Waals surface area contributed by atoms with Crippen molar-refractivity contribution >= 4 is 40.1 Å². The highest BCUT2D eigenvalue weighted by Gasteiger charge is 2.19. The van der Waals surface area contributed by atoms with Gasteiger partial charge in [-0.15, -0.1) is 10.2 Å². The van der Waals surface area contributed by atoms with Crippen molar-refractivity contribution in [2.24, 2.45) is 10.2 Å². The number of methoxy groups -OCH3 is 1. The first-order valence-electron chi connectivity index (χ1n) is 7.60. The standard InChI is InChI=1S/C18H14ClN3O4/c1-26-15(23)10-22-14-9-5-3-7-12(14)16(18(22)25)20-21-17(24)11-6-2-4-8-13(11)19/h2-9,25H,10H2,1H3. The molecule has 8 heteroatoms. The fourth-order valence-corrected chi connectivity index (χ4v) is 2.72. The second kappa shape index (κ2) is 7.37. The summed E-state index contributed by atoms with van der Waals surface area (Å²) in [7, 11) is 1.26. The normalized spacial score (nSPS) is 11.2. The second-order valence-corrected chi connectivity index (χ2v) is 5.74. The molecule has 1 heterocycles. The van der Waals surface area contributed by atoms with Crippen molar-refractivity contribution in [1.29, 1.82) is 0 Å². The van der Waals surface area contributed by atoms with Gasteiger partial charge in [-0.3, -0.25) is 14.2 Å². The number of carbonyl (C=O) groups is 2. The van der Waals surface area contributed by atoms with Crippen LogP contribution < -0.4 is 0 Å². The first-order chi connectivity index (χ1) is 12.5. The first kappa shape index (κ1) is 17.6. The average molecular weight is 372 g/mol. The molecule has 0 atom stereocenters. The number of benzene rings is 2. The van der Waals surface area contributed by atoms with Crippen molar-refractivity contribution in [3.63, 3.8) is 0 Å². The van der Waals surface area contributed by atoms with Gasteiger partial charge in [0.2, 0.25) is 5.88 Å². The zero-order valence-corrected chi connectivity index (χ0v) is 14.5. The average Bonchev–Trinajstić information content (AvgIpc) is 2.91. The number of amides is 1. The molecule has 0 aliphatic carbocycles. The molecular weight excluding hydrogens is 358 g/mol. The number of ether oxygens (including phenoxy) is 1. The van der Waals surface area contributed by atoms with Crippen molar-refractivity contribution < 1.29 is 19.4 Å². The Morgan fingerprint density at radius 3 is 2.58 bits per heavy atom. The van der Waals surface area contributed by atoms with Crippen LogP contribution in [0.5, 0.6) is 5.88 Å². The number of halogens is 1. The lowest BCUT2D eigenvalue weighted by atomic mass is 10.2. The van der Waals surface area contributed by atoms with Gasteiger partial charge in [-0.2, -0.15) is 0 Å². The Morgan fingerprint density at radius 2 is 1.85 bits per heavy atom. The van der Waals surface area contributed by atoms with Crippen LogP contribution in [0.4, 0.5) is 5.69 Å². The maximum absolute atomic E-state index is 12.2. The van der Waals surface area contributed by atoms with Gasteiger partial charge < -0.3 is 9.84 Å². The number of hydrogen-bond donors (Lipinski definition) is 1. The van der Waals surface area contributed by atoms with Gasteiger partial charge in [0, 0.05) is 5.39 Å². The van der Waals surface area contributed by atoms with Crippen LogP contribution >= 0.6 is 11.6 Å². The molecule has 0 radical (unpaired) electrons. The lowest BCUT2D eigenvalue weighted by molar-refractivity contribution is -0.141. The number of carbonyl (C=O) groups excluding carboxylic acids is 2. The van der Waals surface area contributed by atoms with E-state index in [1.807, 2.05) is 0 Å². The van der Waals surface area contributed by atoms with Crippen LogP contribution in [0.2, 0.25) is 5.02 Å². The quantitative estimate of drug-likeness (QED) is 0.552. The van der Waals surface area contributed by atoms with Crippen molar-refractivity contribution in [2.45, 2.75) is 6.54 Å². The molecule has 7 nitrogen and oxygen atoms in total. The van der Waals surface area contributed by atoms with Gasteiger partial charge >= 0.3 is 5.97 Å². The van der Waals surface area contributed by atoms with Crippen LogP contribution in [0.25, 0.3) is 10.9 Å². The van der Waals surface area contributed by atoms with E-state index in [9.17, 15) is 14.7 Å². The van der Waals surface area contributed by atoms with Crippen molar-refractivity contribution in [1.82, 2.24) is 4.57 Å². The zero-order valence-electron chi connectivity index (χ0n) is 13.7. The summed E-state index contributed by atoms with van der Waals surface area (Å²) < 4.78 is 5.99. The molecule has 132 valence electrons. The molecule has 26 heavy (non-hydrogen) atoms. The Hall–Kier alpha value is -3.19. The Morgan fingerprint density at radius 1 is 1.15 bits per heavy atom. The van der Waals surface area contributed by atoms with Crippen LogP contribution in [0.1, 0.15) is 10.4 Å². The highest BCUT2D eigenvalue weighted by atomic mass is 35.5. The molecule has 1 aromatic heterocycles. The summed E-state index contributed by atoms with van der Waals surface area (Å²) in [6.07, 6.45) is 0. The summed E-state index contributed by atoms with van der Waals surface area (Å²) >= 11 is 5.98. The second-order valence-electron chi connectivity index (χ2n) is 5.34.